The van der Waals surface area contributed by atoms with Gasteiger partial charge < -0.3 is 0 Å². The lowest BCUT2D eigenvalue weighted by Gasteiger charge is -2.11. The molecule has 8 heteroatoms. The third-order valence-electron chi connectivity index (χ3n) is 2.49. The highest BCUT2D eigenvalue weighted by Crippen LogP contribution is 2.22. The van der Waals surface area contributed by atoms with Gasteiger partial charge in [0.2, 0.25) is 0 Å². The van der Waals surface area contributed by atoms with E-state index in [0.29, 0.717) is 16.0 Å². The average molecular weight is 342 g/mol. The van der Waals surface area contributed by atoms with E-state index < -0.39 is 6.03 Å². The summed E-state index contributed by atoms with van der Waals surface area (Å²) in [6, 6.07) is 5.38. The summed E-state index contributed by atoms with van der Waals surface area (Å²) >= 11 is 3.19. The van der Waals surface area contributed by atoms with Crippen molar-refractivity contribution in [2.24, 2.45) is 7.05 Å². The van der Waals surface area contributed by atoms with Gasteiger partial charge in [-0.05, 0) is 41.1 Å². The minimum absolute atomic E-state index is 0.364. The number of rotatable bonds is 3. The van der Waals surface area contributed by atoms with Crippen LogP contribution >= 0.6 is 15.9 Å². The highest BCUT2D eigenvalue weighted by atomic mass is 79.9. The number of urea groups is 1. The van der Waals surface area contributed by atoms with Crippen LogP contribution in [0.5, 0.6) is 0 Å². The van der Waals surface area contributed by atoms with Gasteiger partial charge in [-0.3, -0.25) is 20.9 Å². The summed E-state index contributed by atoms with van der Waals surface area (Å²) in [4.78, 5) is 11.7. The lowest BCUT2D eigenvalue weighted by molar-refractivity contribution is 0.253. The van der Waals surface area contributed by atoms with Crippen LogP contribution in [-0.4, -0.2) is 15.8 Å². The Bertz CT molecular complexity index is 643. The summed E-state index contributed by atoms with van der Waals surface area (Å²) in [6.07, 6.45) is 0. The molecule has 20 heavy (non-hydrogen) atoms. The molecule has 0 saturated carbocycles. The highest BCUT2D eigenvalue weighted by molar-refractivity contribution is 9.10. The van der Waals surface area contributed by atoms with Crippen LogP contribution < -0.4 is 16.2 Å². The summed E-state index contributed by atoms with van der Waals surface area (Å²) < 4.78 is 15.0. The Labute approximate surface area is 123 Å². The number of amides is 2. The van der Waals surface area contributed by atoms with Gasteiger partial charge >= 0.3 is 6.03 Å². The second-order valence-corrected chi connectivity index (χ2v) is 4.98. The molecule has 0 atom stereocenters. The monoisotopic (exact) mass is 341 g/mol. The Kier molecular flexibility index (Phi) is 4.23. The summed E-state index contributed by atoms with van der Waals surface area (Å²) in [6.45, 7) is 1.83. The zero-order valence-electron chi connectivity index (χ0n) is 10.9. The number of benzene rings is 1. The molecule has 2 rings (SSSR count). The maximum absolute atomic E-state index is 12.9. The van der Waals surface area contributed by atoms with Crippen molar-refractivity contribution in [2.45, 2.75) is 6.92 Å². The zero-order valence-corrected chi connectivity index (χ0v) is 12.5. The molecule has 1 aromatic heterocycles. The maximum Gasteiger partial charge on any atom is 0.339 e. The fourth-order valence-corrected chi connectivity index (χ4v) is 2.04. The number of nitrogens with zero attached hydrogens (tertiary/aromatic N) is 2. The predicted octanol–water partition coefficient (Wildman–Crippen LogP) is 2.78. The SMILES string of the molecule is Cc1cc(NC(=O)NNc2ccc(F)cc2Br)n(C)n1. The topological polar surface area (TPSA) is 71.0 Å². The number of halogens is 2. The molecule has 0 saturated heterocycles. The molecule has 1 aromatic carbocycles. The first kappa shape index (κ1) is 14.3. The fourth-order valence-electron chi connectivity index (χ4n) is 1.59. The first-order valence-corrected chi connectivity index (χ1v) is 6.53. The number of carbonyl (C=O) groups excluding carboxylic acids is 1. The molecule has 1 heterocycles. The minimum Gasteiger partial charge on any atom is -0.296 e. The summed E-state index contributed by atoms with van der Waals surface area (Å²) in [5.41, 5.74) is 6.48. The van der Waals surface area contributed by atoms with Crippen LogP contribution in [0.15, 0.2) is 28.7 Å². The van der Waals surface area contributed by atoms with Gasteiger partial charge in [0.1, 0.15) is 11.6 Å². The third kappa shape index (κ3) is 3.47. The fraction of sp³-hybridized carbons (Fsp3) is 0.167. The predicted molar refractivity (Wildman–Crippen MR) is 77.8 cm³/mol. The van der Waals surface area contributed by atoms with E-state index in [9.17, 15) is 9.18 Å². The minimum atomic E-state index is -0.454. The number of carbonyl (C=O) groups is 1. The standard InChI is InChI=1S/C12H13BrFN5O/c1-7-5-11(19(2)18-7)15-12(20)17-16-10-4-3-8(14)6-9(10)13/h3-6,16H,1-2H3,(H2,15,17,20). The largest absolute Gasteiger partial charge is 0.339 e. The molecule has 3 N–H and O–H groups in total. The van der Waals surface area contributed by atoms with E-state index in [1.807, 2.05) is 6.92 Å². The van der Waals surface area contributed by atoms with Crippen molar-refractivity contribution in [1.29, 1.82) is 0 Å². The number of hydrogen-bond donors (Lipinski definition) is 3. The van der Waals surface area contributed by atoms with Gasteiger partial charge in [0.15, 0.2) is 0 Å². The lowest BCUT2D eigenvalue weighted by Crippen LogP contribution is -2.34. The number of hydrazine groups is 1. The van der Waals surface area contributed by atoms with Gasteiger partial charge in [-0.1, -0.05) is 0 Å². The maximum atomic E-state index is 12.9. The average Bonchev–Trinajstić information content (AvgIpc) is 2.66. The van der Waals surface area contributed by atoms with Crippen LogP contribution in [0.25, 0.3) is 0 Å². The van der Waals surface area contributed by atoms with E-state index in [-0.39, 0.29) is 5.82 Å². The molecule has 0 radical (unpaired) electrons. The van der Waals surface area contributed by atoms with Crippen LogP contribution in [0.4, 0.5) is 20.7 Å². The normalized spacial score (nSPS) is 10.2. The Hall–Kier alpha value is -2.09. The van der Waals surface area contributed by atoms with Crippen molar-refractivity contribution in [1.82, 2.24) is 15.2 Å². The Morgan fingerprint density at radius 2 is 2.15 bits per heavy atom. The van der Waals surface area contributed by atoms with Crippen LogP contribution in [0.2, 0.25) is 0 Å². The van der Waals surface area contributed by atoms with E-state index in [1.54, 1.807) is 17.8 Å². The number of aromatic nitrogens is 2. The van der Waals surface area contributed by atoms with Gasteiger partial charge in [0.05, 0.1) is 11.4 Å². The Morgan fingerprint density at radius 3 is 2.75 bits per heavy atom. The second kappa shape index (κ2) is 5.91. The molecule has 0 aliphatic rings. The number of hydrogen-bond acceptors (Lipinski definition) is 3. The quantitative estimate of drug-likeness (QED) is 0.751. The van der Waals surface area contributed by atoms with Crippen LogP contribution in [-0.2, 0) is 7.05 Å². The van der Waals surface area contributed by atoms with Crippen molar-refractivity contribution >= 4 is 33.5 Å². The lowest BCUT2D eigenvalue weighted by atomic mass is 10.3. The molecule has 0 aliphatic heterocycles. The Morgan fingerprint density at radius 1 is 1.40 bits per heavy atom. The van der Waals surface area contributed by atoms with Gasteiger partial charge in [0.25, 0.3) is 0 Å². The Balaban J connectivity index is 1.94. The highest BCUT2D eigenvalue weighted by Gasteiger charge is 2.07. The van der Waals surface area contributed by atoms with Crippen molar-refractivity contribution in [3.05, 3.63) is 40.2 Å². The molecule has 0 aliphatic carbocycles. The van der Waals surface area contributed by atoms with Crippen molar-refractivity contribution in [2.75, 3.05) is 10.7 Å². The van der Waals surface area contributed by atoms with Crippen molar-refractivity contribution in [3.8, 4) is 0 Å². The molecule has 6 nitrogen and oxygen atoms in total. The molecular formula is C12H13BrFN5O. The summed E-state index contributed by atoms with van der Waals surface area (Å²) in [5, 5.41) is 6.74. The molecule has 2 aromatic rings. The first-order valence-electron chi connectivity index (χ1n) is 5.74. The van der Waals surface area contributed by atoms with E-state index in [1.165, 1.54) is 18.2 Å². The number of nitrogens with one attached hydrogen (secondary N) is 3. The third-order valence-corrected chi connectivity index (χ3v) is 3.14. The van der Waals surface area contributed by atoms with Gasteiger partial charge in [0, 0.05) is 17.6 Å². The van der Waals surface area contributed by atoms with E-state index in [2.05, 4.69) is 37.2 Å². The van der Waals surface area contributed by atoms with Gasteiger partial charge in [-0.2, -0.15) is 5.10 Å². The number of aryl methyl sites for hydroxylation is 2. The molecule has 0 unspecified atom stereocenters. The summed E-state index contributed by atoms with van der Waals surface area (Å²) in [7, 11) is 1.73. The molecule has 0 bridgehead atoms. The van der Waals surface area contributed by atoms with E-state index >= 15 is 0 Å². The van der Waals surface area contributed by atoms with E-state index in [4.69, 9.17) is 0 Å². The van der Waals surface area contributed by atoms with E-state index in [0.717, 1.165) is 5.69 Å². The summed E-state index contributed by atoms with van der Waals surface area (Å²) in [5.74, 6) is 0.206. The van der Waals surface area contributed by atoms with Crippen LogP contribution in [0.1, 0.15) is 5.69 Å². The van der Waals surface area contributed by atoms with Gasteiger partial charge in [-0.25, -0.2) is 9.18 Å². The number of anilines is 2. The van der Waals surface area contributed by atoms with Crippen molar-refractivity contribution in [3.63, 3.8) is 0 Å². The zero-order chi connectivity index (χ0) is 14.7. The van der Waals surface area contributed by atoms with Crippen LogP contribution in [0.3, 0.4) is 0 Å². The molecule has 106 valence electrons. The van der Waals surface area contributed by atoms with Crippen molar-refractivity contribution < 1.29 is 9.18 Å². The van der Waals surface area contributed by atoms with Crippen LogP contribution in [0, 0.1) is 12.7 Å². The molecule has 2 amide bonds. The molecule has 0 fully saturated rings. The smallest absolute Gasteiger partial charge is 0.296 e. The molecular weight excluding hydrogens is 329 g/mol. The second-order valence-electron chi connectivity index (χ2n) is 4.12. The molecule has 0 spiro atoms. The first-order chi connectivity index (χ1) is 9.45. The van der Waals surface area contributed by atoms with Gasteiger partial charge in [-0.15, -0.1) is 0 Å².